The molecule has 8 fully saturated rings. The second-order valence-electron chi connectivity index (χ2n) is 18.5. The van der Waals surface area contributed by atoms with Gasteiger partial charge in [-0.05, 0) is 152 Å². The molecule has 0 aromatic heterocycles. The molecule has 0 heterocycles. The number of hydrogen-bond donors (Lipinski definition) is 2. The van der Waals surface area contributed by atoms with E-state index < -0.39 is 5.60 Å². The van der Waals surface area contributed by atoms with Crippen LogP contribution in [0.4, 0.5) is 0 Å². The van der Waals surface area contributed by atoms with E-state index in [1.165, 1.54) is 25.7 Å². The van der Waals surface area contributed by atoms with Gasteiger partial charge in [0.1, 0.15) is 11.6 Å². The lowest BCUT2D eigenvalue weighted by atomic mass is 9.38. The average molecular weight is 579 g/mol. The third-order valence-corrected chi connectivity index (χ3v) is 17.8. The summed E-state index contributed by atoms with van der Waals surface area (Å²) in [5.74, 6) is 5.58. The van der Waals surface area contributed by atoms with Crippen molar-refractivity contribution >= 4 is 11.6 Å². The molecule has 0 bridgehead atoms. The zero-order valence-electron chi connectivity index (χ0n) is 27.0. The second kappa shape index (κ2) is 9.17. The Hall–Kier alpha value is -0.740. The first-order valence-electron chi connectivity index (χ1n) is 18.3. The lowest BCUT2D eigenvalue weighted by Gasteiger charge is -2.67. The zero-order chi connectivity index (χ0) is 29.4. The van der Waals surface area contributed by atoms with Crippen molar-refractivity contribution in [1.82, 2.24) is 0 Å². The molecule has 2 N–H and O–H groups in total. The minimum atomic E-state index is -0.774. The third kappa shape index (κ3) is 3.44. The number of aliphatic hydroxyl groups excluding tert-OH is 1. The van der Waals surface area contributed by atoms with E-state index in [0.29, 0.717) is 65.3 Å². The maximum Gasteiger partial charge on any atom is 0.133 e. The number of Topliss-reactive ketones (excluding diaryl/α,β-unsaturated/α-hetero) is 2. The topological polar surface area (TPSA) is 74.6 Å². The Bertz CT molecular complexity index is 1160. The highest BCUT2D eigenvalue weighted by Gasteiger charge is 2.72. The van der Waals surface area contributed by atoms with Crippen molar-refractivity contribution in [3.8, 4) is 0 Å². The normalized spacial score (nSPS) is 60.5. The fraction of sp³-hybridized carbons (Fsp3) is 0.947. The van der Waals surface area contributed by atoms with Gasteiger partial charge in [-0.1, -0.05) is 27.7 Å². The molecule has 0 aromatic carbocycles. The predicted octanol–water partition coefficient (Wildman–Crippen LogP) is 7.53. The van der Waals surface area contributed by atoms with E-state index in [2.05, 4.69) is 27.7 Å². The molecule has 8 aliphatic rings. The molecule has 0 saturated heterocycles. The number of ketones is 2. The molecular weight excluding hydrogens is 520 g/mol. The smallest absolute Gasteiger partial charge is 0.133 e. The van der Waals surface area contributed by atoms with Gasteiger partial charge in [-0.25, -0.2) is 0 Å². The van der Waals surface area contributed by atoms with Crippen molar-refractivity contribution in [3.63, 3.8) is 0 Å². The van der Waals surface area contributed by atoms with Crippen LogP contribution in [0.1, 0.15) is 137 Å². The molecule has 4 unspecified atom stereocenters. The van der Waals surface area contributed by atoms with Crippen molar-refractivity contribution in [2.45, 2.75) is 149 Å². The molecule has 42 heavy (non-hydrogen) atoms. The van der Waals surface area contributed by atoms with Crippen LogP contribution in [0.25, 0.3) is 0 Å². The molecule has 4 nitrogen and oxygen atoms in total. The summed E-state index contributed by atoms with van der Waals surface area (Å²) in [6, 6.07) is 0. The van der Waals surface area contributed by atoms with Crippen molar-refractivity contribution in [2.24, 2.45) is 74.9 Å². The molecule has 4 heteroatoms. The largest absolute Gasteiger partial charge is 0.393 e. The van der Waals surface area contributed by atoms with E-state index in [0.717, 1.165) is 77.0 Å². The van der Waals surface area contributed by atoms with Crippen LogP contribution in [-0.4, -0.2) is 33.5 Å². The fourth-order valence-electron chi connectivity index (χ4n) is 15.5. The van der Waals surface area contributed by atoms with Gasteiger partial charge in [0, 0.05) is 31.6 Å². The Morgan fingerprint density at radius 3 is 2.02 bits per heavy atom. The van der Waals surface area contributed by atoms with E-state index >= 15 is 0 Å². The quantitative estimate of drug-likeness (QED) is 0.337. The maximum absolute atomic E-state index is 13.6. The molecule has 0 radical (unpaired) electrons. The summed E-state index contributed by atoms with van der Waals surface area (Å²) < 4.78 is 0. The minimum absolute atomic E-state index is 0.00255. The number of carbonyl (C=O) groups is 2. The first-order chi connectivity index (χ1) is 19.9. The van der Waals surface area contributed by atoms with Crippen LogP contribution >= 0.6 is 0 Å². The first-order valence-corrected chi connectivity index (χ1v) is 18.3. The number of rotatable bonds is 1. The number of fused-ring (bicyclic) bond motifs is 10. The summed E-state index contributed by atoms with van der Waals surface area (Å²) in [6.45, 7) is 9.90. The van der Waals surface area contributed by atoms with Gasteiger partial charge in [0.25, 0.3) is 0 Å². The van der Waals surface area contributed by atoms with Crippen LogP contribution in [-0.2, 0) is 9.59 Å². The summed E-state index contributed by atoms with van der Waals surface area (Å²) in [5.41, 5.74) is -0.555. The highest BCUT2D eigenvalue weighted by Crippen LogP contribution is 2.74. The summed E-state index contributed by atoms with van der Waals surface area (Å²) in [7, 11) is 0. The first kappa shape index (κ1) is 28.7. The van der Waals surface area contributed by atoms with Crippen molar-refractivity contribution < 1.29 is 19.8 Å². The SMILES string of the molecule is C[C@]12C(CC[C@@H]3[C@@H]1CC[C@]1(C)[C@@H](O)CC[C@@H]31)CC(=O)CC2C1(O)CC[C@H]2[C@@H]3CCC4CC(=O)CC[C@]4(C)[C@@H]3CC[C@@]21C. The van der Waals surface area contributed by atoms with E-state index in [9.17, 15) is 19.8 Å². The summed E-state index contributed by atoms with van der Waals surface area (Å²) in [5, 5.41) is 24.4. The van der Waals surface area contributed by atoms with Crippen molar-refractivity contribution in [1.29, 1.82) is 0 Å². The molecule has 0 aliphatic heterocycles. The Balaban J connectivity index is 1.14. The predicted molar refractivity (Wildman–Crippen MR) is 163 cm³/mol. The Morgan fingerprint density at radius 1 is 0.595 bits per heavy atom. The molecule has 8 aliphatic carbocycles. The van der Waals surface area contributed by atoms with Gasteiger partial charge in [-0.3, -0.25) is 9.59 Å². The van der Waals surface area contributed by atoms with Crippen molar-refractivity contribution in [3.05, 3.63) is 0 Å². The Kier molecular flexibility index (Phi) is 6.27. The van der Waals surface area contributed by atoms with Crippen LogP contribution in [0.5, 0.6) is 0 Å². The highest BCUT2D eigenvalue weighted by atomic mass is 16.3. The molecule has 0 amide bonds. The standard InChI is InChI=1S/C38H58O4/c1-34-15-11-24(39)19-22(34)5-7-26-29(34)13-17-36(3)30(26)14-18-38(36,42)32-21-25(40)20-23-6-8-27-28-9-10-33(41)35(28,2)16-12-31(27)37(23,32)4/h22-23,26-33,41-42H,5-21H2,1-4H3/t22?,23?,26-,27+,28+,29-,30+,31+,32?,33+,34+,35+,36+,37+,38?/m1/s1. The van der Waals surface area contributed by atoms with Gasteiger partial charge in [0.2, 0.25) is 0 Å². The molecule has 15 atom stereocenters. The van der Waals surface area contributed by atoms with Gasteiger partial charge in [-0.2, -0.15) is 0 Å². The van der Waals surface area contributed by atoms with E-state index in [-0.39, 0.29) is 33.7 Å². The van der Waals surface area contributed by atoms with Crippen LogP contribution < -0.4 is 0 Å². The number of aliphatic hydroxyl groups is 2. The van der Waals surface area contributed by atoms with Gasteiger partial charge < -0.3 is 10.2 Å². The number of carbonyl (C=O) groups excluding carboxylic acids is 2. The van der Waals surface area contributed by atoms with E-state index in [1.807, 2.05) is 0 Å². The van der Waals surface area contributed by atoms with Gasteiger partial charge in [0.05, 0.1) is 11.7 Å². The van der Waals surface area contributed by atoms with Crippen LogP contribution in [0.2, 0.25) is 0 Å². The van der Waals surface area contributed by atoms with Gasteiger partial charge in [0.15, 0.2) is 0 Å². The molecule has 234 valence electrons. The summed E-state index contributed by atoms with van der Waals surface area (Å²) in [4.78, 5) is 26.0. The van der Waals surface area contributed by atoms with Gasteiger partial charge >= 0.3 is 0 Å². The highest BCUT2D eigenvalue weighted by molar-refractivity contribution is 5.80. The number of hydrogen-bond acceptors (Lipinski definition) is 4. The Morgan fingerprint density at radius 2 is 1.24 bits per heavy atom. The lowest BCUT2D eigenvalue weighted by molar-refractivity contribution is -0.230. The van der Waals surface area contributed by atoms with E-state index in [4.69, 9.17) is 0 Å². The van der Waals surface area contributed by atoms with Crippen molar-refractivity contribution in [2.75, 3.05) is 0 Å². The molecule has 0 spiro atoms. The molecular formula is C38H58O4. The second-order valence-corrected chi connectivity index (χ2v) is 18.5. The maximum atomic E-state index is 13.6. The Labute approximate surface area is 254 Å². The lowest BCUT2D eigenvalue weighted by Crippen LogP contribution is -2.66. The molecule has 8 saturated carbocycles. The molecule has 8 rings (SSSR count). The average Bonchev–Trinajstić information content (AvgIpc) is 3.41. The van der Waals surface area contributed by atoms with Crippen LogP contribution in [0.3, 0.4) is 0 Å². The zero-order valence-corrected chi connectivity index (χ0v) is 27.0. The van der Waals surface area contributed by atoms with Crippen LogP contribution in [0.15, 0.2) is 0 Å². The van der Waals surface area contributed by atoms with Gasteiger partial charge in [-0.15, -0.1) is 0 Å². The third-order valence-electron chi connectivity index (χ3n) is 17.8. The van der Waals surface area contributed by atoms with E-state index in [1.54, 1.807) is 0 Å². The summed E-state index contributed by atoms with van der Waals surface area (Å²) in [6.07, 6.45) is 17.1. The molecule has 0 aromatic rings. The van der Waals surface area contributed by atoms with Crippen LogP contribution in [0, 0.1) is 74.9 Å². The fourth-order valence-corrected chi connectivity index (χ4v) is 15.5. The minimum Gasteiger partial charge on any atom is -0.393 e. The monoisotopic (exact) mass is 578 g/mol. The summed E-state index contributed by atoms with van der Waals surface area (Å²) >= 11 is 0.